The smallest absolute Gasteiger partial charge is 0.256 e. The Labute approximate surface area is 154 Å². The minimum Gasteiger partial charge on any atom is -0.370 e. The standard InChI is InChI=1S/C19H28N6O/c26-19(23-15-4-2-1-3-5-15)16-13-22-25-11-8-17(24-18(16)25)21-12-14-6-9-20-10-7-14/h8,11,13-15,20H,1-7,9-10,12H2,(H,21,24)(H,23,26). The first-order valence-corrected chi connectivity index (χ1v) is 9.89. The van der Waals surface area contributed by atoms with Crippen LogP contribution in [-0.4, -0.2) is 46.2 Å². The molecule has 0 aromatic carbocycles. The zero-order chi connectivity index (χ0) is 17.8. The highest BCUT2D eigenvalue weighted by Crippen LogP contribution is 2.19. The van der Waals surface area contributed by atoms with Crippen LogP contribution in [0, 0.1) is 5.92 Å². The summed E-state index contributed by atoms with van der Waals surface area (Å²) in [6.07, 6.45) is 11.7. The summed E-state index contributed by atoms with van der Waals surface area (Å²) in [6.45, 7) is 3.10. The van der Waals surface area contributed by atoms with Crippen molar-refractivity contribution in [3.05, 3.63) is 24.0 Å². The van der Waals surface area contributed by atoms with Crippen molar-refractivity contribution in [1.82, 2.24) is 25.2 Å². The van der Waals surface area contributed by atoms with Gasteiger partial charge in [0.1, 0.15) is 11.4 Å². The maximum Gasteiger partial charge on any atom is 0.256 e. The van der Waals surface area contributed by atoms with Gasteiger partial charge in [-0.3, -0.25) is 4.79 Å². The average molecular weight is 356 g/mol. The highest BCUT2D eigenvalue weighted by Gasteiger charge is 2.20. The lowest BCUT2D eigenvalue weighted by Gasteiger charge is -2.23. The molecule has 7 heteroatoms. The fourth-order valence-electron chi connectivity index (χ4n) is 3.97. The molecule has 0 bridgehead atoms. The lowest BCUT2D eigenvalue weighted by atomic mass is 9.95. The van der Waals surface area contributed by atoms with Gasteiger partial charge in [-0.25, -0.2) is 9.50 Å². The maximum atomic E-state index is 12.7. The molecule has 140 valence electrons. The van der Waals surface area contributed by atoms with Crippen molar-refractivity contribution in [2.24, 2.45) is 5.92 Å². The van der Waals surface area contributed by atoms with E-state index in [1.165, 1.54) is 32.1 Å². The van der Waals surface area contributed by atoms with E-state index in [4.69, 9.17) is 0 Å². The van der Waals surface area contributed by atoms with E-state index in [1.54, 1.807) is 10.7 Å². The molecule has 1 aliphatic carbocycles. The molecule has 2 fully saturated rings. The Balaban J connectivity index is 1.44. The van der Waals surface area contributed by atoms with Crippen LogP contribution < -0.4 is 16.0 Å². The molecule has 0 radical (unpaired) electrons. The molecule has 3 N–H and O–H groups in total. The second-order valence-corrected chi connectivity index (χ2v) is 7.52. The summed E-state index contributed by atoms with van der Waals surface area (Å²) >= 11 is 0. The van der Waals surface area contributed by atoms with Gasteiger partial charge < -0.3 is 16.0 Å². The van der Waals surface area contributed by atoms with E-state index >= 15 is 0 Å². The number of carbonyl (C=O) groups excluding carboxylic acids is 1. The third-order valence-corrected chi connectivity index (χ3v) is 5.58. The normalized spacial score (nSPS) is 19.5. The first kappa shape index (κ1) is 17.3. The summed E-state index contributed by atoms with van der Waals surface area (Å²) in [5.74, 6) is 1.42. The highest BCUT2D eigenvalue weighted by molar-refractivity contribution is 5.99. The van der Waals surface area contributed by atoms with Gasteiger partial charge in [-0.05, 0) is 50.8 Å². The number of hydrogen-bond acceptors (Lipinski definition) is 5. The summed E-state index contributed by atoms with van der Waals surface area (Å²) in [7, 11) is 0. The zero-order valence-electron chi connectivity index (χ0n) is 15.2. The molecule has 0 atom stereocenters. The molecular weight excluding hydrogens is 328 g/mol. The number of rotatable bonds is 5. The fourth-order valence-corrected chi connectivity index (χ4v) is 3.97. The molecule has 1 aliphatic heterocycles. The lowest BCUT2D eigenvalue weighted by Crippen LogP contribution is -2.36. The van der Waals surface area contributed by atoms with Crippen molar-refractivity contribution in [1.29, 1.82) is 0 Å². The summed E-state index contributed by atoms with van der Waals surface area (Å²) in [5.41, 5.74) is 1.18. The van der Waals surface area contributed by atoms with E-state index < -0.39 is 0 Å². The van der Waals surface area contributed by atoms with Crippen molar-refractivity contribution in [2.75, 3.05) is 25.0 Å². The van der Waals surface area contributed by atoms with Crippen molar-refractivity contribution >= 4 is 17.4 Å². The minimum absolute atomic E-state index is 0.0603. The fraction of sp³-hybridized carbons (Fsp3) is 0.632. The topological polar surface area (TPSA) is 83.4 Å². The van der Waals surface area contributed by atoms with E-state index in [9.17, 15) is 4.79 Å². The van der Waals surface area contributed by atoms with Gasteiger partial charge in [0.15, 0.2) is 5.65 Å². The van der Waals surface area contributed by atoms with E-state index in [0.29, 0.717) is 17.1 Å². The number of nitrogens with one attached hydrogen (secondary N) is 3. The van der Waals surface area contributed by atoms with Crippen molar-refractivity contribution < 1.29 is 4.79 Å². The Bertz CT molecular complexity index is 746. The summed E-state index contributed by atoms with van der Waals surface area (Å²) in [4.78, 5) is 17.3. The second-order valence-electron chi connectivity index (χ2n) is 7.52. The van der Waals surface area contributed by atoms with E-state index in [-0.39, 0.29) is 11.9 Å². The molecule has 2 aliphatic rings. The van der Waals surface area contributed by atoms with Crippen LogP contribution in [-0.2, 0) is 0 Å². The number of piperidine rings is 1. The van der Waals surface area contributed by atoms with Gasteiger partial charge in [0, 0.05) is 18.8 Å². The molecule has 4 rings (SSSR count). The quantitative estimate of drug-likeness (QED) is 0.765. The van der Waals surface area contributed by atoms with Crippen molar-refractivity contribution in [3.8, 4) is 0 Å². The molecule has 1 amide bonds. The Morgan fingerprint density at radius 1 is 1.19 bits per heavy atom. The first-order chi connectivity index (χ1) is 12.8. The zero-order valence-corrected chi connectivity index (χ0v) is 15.2. The van der Waals surface area contributed by atoms with Crippen LogP contribution in [0.3, 0.4) is 0 Å². The highest BCUT2D eigenvalue weighted by atomic mass is 16.1. The molecule has 26 heavy (non-hydrogen) atoms. The Morgan fingerprint density at radius 3 is 2.81 bits per heavy atom. The van der Waals surface area contributed by atoms with Crippen molar-refractivity contribution in [3.63, 3.8) is 0 Å². The Hall–Kier alpha value is -2.15. The molecule has 0 spiro atoms. The van der Waals surface area contributed by atoms with Crippen LogP contribution >= 0.6 is 0 Å². The molecule has 2 aromatic rings. The van der Waals surface area contributed by atoms with Gasteiger partial charge in [-0.15, -0.1) is 0 Å². The first-order valence-electron chi connectivity index (χ1n) is 9.89. The minimum atomic E-state index is -0.0603. The van der Waals surface area contributed by atoms with Crippen LogP contribution in [0.5, 0.6) is 0 Å². The average Bonchev–Trinajstić information content (AvgIpc) is 3.11. The number of carbonyl (C=O) groups is 1. The molecule has 3 heterocycles. The summed E-state index contributed by atoms with van der Waals surface area (Å²) in [6, 6.07) is 2.21. The lowest BCUT2D eigenvalue weighted by molar-refractivity contribution is 0.0929. The maximum absolute atomic E-state index is 12.7. The molecule has 1 saturated carbocycles. The van der Waals surface area contributed by atoms with E-state index in [0.717, 1.165) is 38.3 Å². The van der Waals surface area contributed by atoms with Crippen molar-refractivity contribution in [2.45, 2.75) is 51.0 Å². The second kappa shape index (κ2) is 8.03. The third kappa shape index (κ3) is 3.98. The largest absolute Gasteiger partial charge is 0.370 e. The van der Waals surface area contributed by atoms with Crippen LogP contribution in [0.15, 0.2) is 18.5 Å². The number of amides is 1. The van der Waals surface area contributed by atoms with Gasteiger partial charge in [-0.2, -0.15) is 5.10 Å². The van der Waals surface area contributed by atoms with Crippen LogP contribution in [0.25, 0.3) is 5.65 Å². The summed E-state index contributed by atoms with van der Waals surface area (Å²) in [5, 5.41) is 14.3. The number of aromatic nitrogens is 3. The predicted molar refractivity (Wildman–Crippen MR) is 101 cm³/mol. The molecular formula is C19H28N6O. The van der Waals surface area contributed by atoms with Gasteiger partial charge >= 0.3 is 0 Å². The summed E-state index contributed by atoms with van der Waals surface area (Å²) < 4.78 is 1.67. The van der Waals surface area contributed by atoms with Crippen LogP contribution in [0.1, 0.15) is 55.3 Å². The number of nitrogens with zero attached hydrogens (tertiary/aromatic N) is 3. The number of anilines is 1. The van der Waals surface area contributed by atoms with Gasteiger partial charge in [0.25, 0.3) is 5.91 Å². The van der Waals surface area contributed by atoms with Crippen LogP contribution in [0.2, 0.25) is 0 Å². The molecule has 7 nitrogen and oxygen atoms in total. The number of hydrogen-bond donors (Lipinski definition) is 3. The number of fused-ring (bicyclic) bond motifs is 1. The monoisotopic (exact) mass is 356 g/mol. The third-order valence-electron chi connectivity index (χ3n) is 5.58. The Morgan fingerprint density at radius 2 is 2.00 bits per heavy atom. The van der Waals surface area contributed by atoms with Gasteiger partial charge in [-0.1, -0.05) is 19.3 Å². The predicted octanol–water partition coefficient (Wildman–Crippen LogP) is 2.20. The molecule has 1 saturated heterocycles. The van der Waals surface area contributed by atoms with E-state index in [1.807, 2.05) is 12.3 Å². The van der Waals surface area contributed by atoms with Gasteiger partial charge in [0.05, 0.1) is 6.20 Å². The van der Waals surface area contributed by atoms with E-state index in [2.05, 4.69) is 26.0 Å². The SMILES string of the molecule is O=C(NC1CCCCC1)c1cnn2ccc(NCC3CCNCC3)nc12. The molecule has 0 unspecified atom stereocenters. The van der Waals surface area contributed by atoms with Gasteiger partial charge in [0.2, 0.25) is 0 Å². The Kier molecular flexibility index (Phi) is 5.34. The van der Waals surface area contributed by atoms with Crippen LogP contribution in [0.4, 0.5) is 5.82 Å². The molecule has 2 aromatic heterocycles.